The van der Waals surface area contributed by atoms with Gasteiger partial charge in [-0.1, -0.05) is 111 Å². The maximum Gasteiger partial charge on any atom is 0.126 e. The molecule has 1 heterocycles. The van der Waals surface area contributed by atoms with Crippen molar-refractivity contribution in [2.45, 2.75) is 76.6 Å². The van der Waals surface area contributed by atoms with E-state index in [1.165, 1.54) is 71.1 Å². The number of fused-ring (bicyclic) bond motifs is 5. The molecule has 0 spiro atoms. The van der Waals surface area contributed by atoms with Crippen molar-refractivity contribution in [2.24, 2.45) is 0 Å². The van der Waals surface area contributed by atoms with Gasteiger partial charge in [0.05, 0.1) is 5.50 Å². The van der Waals surface area contributed by atoms with Crippen molar-refractivity contribution < 1.29 is 4.74 Å². The van der Waals surface area contributed by atoms with E-state index in [2.05, 4.69) is 79.7 Å². The second-order valence-corrected chi connectivity index (χ2v) is 10.3. The third-order valence-electron chi connectivity index (χ3n) is 7.69. The molecule has 3 aromatic carbocycles. The topological polar surface area (TPSA) is 9.23 Å². The van der Waals surface area contributed by atoms with Crippen molar-refractivity contribution in [3.63, 3.8) is 0 Å². The summed E-state index contributed by atoms with van der Waals surface area (Å²) in [6.45, 7) is 2.95. The Hall–Kier alpha value is -2.58. The lowest BCUT2D eigenvalue weighted by atomic mass is 9.72. The summed E-state index contributed by atoms with van der Waals surface area (Å²) in [5.41, 5.74) is 9.49. The zero-order valence-electron chi connectivity index (χ0n) is 21.2. The van der Waals surface area contributed by atoms with E-state index < -0.39 is 5.50 Å². The molecule has 2 radical (unpaired) electrons. The fraction of sp³-hybridized carbons (Fsp3) is 0.394. The van der Waals surface area contributed by atoms with Gasteiger partial charge in [0.15, 0.2) is 0 Å². The normalized spacial score (nSPS) is 22.3. The monoisotopic (exact) mass is 460 g/mol. The number of hydrogen-bond acceptors (Lipinski definition) is 1. The molecule has 1 aliphatic heterocycles. The highest BCUT2D eigenvalue weighted by Gasteiger charge is 2.28. The second-order valence-electron chi connectivity index (χ2n) is 10.3. The lowest BCUT2D eigenvalue weighted by Crippen LogP contribution is -2.29. The molecule has 5 rings (SSSR count). The summed E-state index contributed by atoms with van der Waals surface area (Å²) in [5.74, 6) is 0. The zero-order valence-corrected chi connectivity index (χ0v) is 21.2. The van der Waals surface area contributed by atoms with Crippen LogP contribution in [-0.2, 0) is 16.7 Å². The number of hydrogen-bond donors (Lipinski definition) is 0. The van der Waals surface area contributed by atoms with Gasteiger partial charge >= 0.3 is 0 Å². The molecular formula is C33H37BO. The Balaban J connectivity index is 1.63. The Bertz CT molecular complexity index is 1190. The summed E-state index contributed by atoms with van der Waals surface area (Å²) in [6, 6.07) is 24.4. The van der Waals surface area contributed by atoms with Gasteiger partial charge in [0.25, 0.3) is 0 Å². The molecule has 178 valence electrons. The highest BCUT2D eigenvalue weighted by Crippen LogP contribution is 2.42. The van der Waals surface area contributed by atoms with Crippen LogP contribution in [0, 0.1) is 0 Å². The van der Waals surface area contributed by atoms with Crippen LogP contribution in [0.15, 0.2) is 78.4 Å². The number of rotatable bonds is 3. The molecule has 1 aliphatic carbocycles. The summed E-state index contributed by atoms with van der Waals surface area (Å²) in [7, 11) is 7.17. The summed E-state index contributed by atoms with van der Waals surface area (Å²) >= 11 is 0. The maximum absolute atomic E-state index is 7.17. The smallest absolute Gasteiger partial charge is 0.126 e. The molecule has 0 saturated heterocycles. The predicted octanol–water partition coefficient (Wildman–Crippen LogP) is 8.73. The molecule has 0 fully saturated rings. The minimum absolute atomic E-state index is 0.697. The molecule has 3 aromatic rings. The van der Waals surface area contributed by atoms with Crippen LogP contribution < -0.4 is 0 Å². The Kier molecular flexibility index (Phi) is 7.58. The van der Waals surface area contributed by atoms with Gasteiger partial charge in [-0.05, 0) is 77.1 Å². The molecule has 0 N–H and O–H groups in total. The standard InChI is InChI=1S/C33H37BO/c1-2-13-25-14-7-5-3-4-6-12-21-35-33(34,24-25)28-19-20-31-29-17-10-8-15-26(29)22-27-16-9-11-18-30(27)32(31)23-28/h8-11,15-20,23-24H,2-7,12-14,21-22H2,1H3/b25-24-. The molecule has 2 heteroatoms. The van der Waals surface area contributed by atoms with Crippen molar-refractivity contribution in [3.8, 4) is 22.3 Å². The average Bonchev–Trinajstić information content (AvgIpc) is 3.01. The number of benzene rings is 3. The summed E-state index contributed by atoms with van der Waals surface area (Å²) < 4.78 is 6.55. The quantitative estimate of drug-likeness (QED) is 0.219. The summed E-state index contributed by atoms with van der Waals surface area (Å²) in [4.78, 5) is 0. The molecule has 0 bridgehead atoms. The minimum atomic E-state index is -0.903. The largest absolute Gasteiger partial charge is 0.376 e. The van der Waals surface area contributed by atoms with E-state index in [1.54, 1.807) is 0 Å². The van der Waals surface area contributed by atoms with Gasteiger partial charge in [-0.25, -0.2) is 0 Å². The van der Waals surface area contributed by atoms with E-state index in [1.807, 2.05) is 0 Å². The molecular weight excluding hydrogens is 423 g/mol. The first kappa shape index (κ1) is 24.1. The van der Waals surface area contributed by atoms with E-state index in [4.69, 9.17) is 12.6 Å². The van der Waals surface area contributed by atoms with Gasteiger partial charge < -0.3 is 4.74 Å². The Morgan fingerprint density at radius 2 is 1.40 bits per heavy atom. The van der Waals surface area contributed by atoms with Crippen molar-refractivity contribution in [2.75, 3.05) is 6.61 Å². The third kappa shape index (κ3) is 5.33. The third-order valence-corrected chi connectivity index (χ3v) is 7.69. The Morgan fingerprint density at radius 3 is 2.14 bits per heavy atom. The van der Waals surface area contributed by atoms with Crippen LogP contribution in [0.1, 0.15) is 81.4 Å². The lowest BCUT2D eigenvalue weighted by Gasteiger charge is -2.31. The molecule has 1 atom stereocenters. The molecule has 0 saturated carbocycles. The van der Waals surface area contributed by atoms with Crippen molar-refractivity contribution in [1.29, 1.82) is 0 Å². The lowest BCUT2D eigenvalue weighted by molar-refractivity contribution is 0.0472. The van der Waals surface area contributed by atoms with Crippen LogP contribution in [0.2, 0.25) is 0 Å². The average molecular weight is 460 g/mol. The van der Waals surface area contributed by atoms with Gasteiger partial charge in [0.2, 0.25) is 0 Å². The van der Waals surface area contributed by atoms with Gasteiger partial charge in [-0.3, -0.25) is 0 Å². The molecule has 1 unspecified atom stereocenters. The first-order valence-corrected chi connectivity index (χ1v) is 13.6. The highest BCUT2D eigenvalue weighted by atomic mass is 16.5. The minimum Gasteiger partial charge on any atom is -0.376 e. The zero-order chi connectivity index (χ0) is 24.1. The van der Waals surface area contributed by atoms with Crippen LogP contribution in [0.25, 0.3) is 22.3 Å². The SMILES string of the molecule is [B]C1(c2ccc3c(c2)-c2ccccc2Cc2ccccc2-3)/C=C(/CCC)CCCCCCCCO1. The second kappa shape index (κ2) is 11.0. The summed E-state index contributed by atoms with van der Waals surface area (Å²) in [6.07, 6.45) is 14.0. The van der Waals surface area contributed by atoms with Crippen LogP contribution in [0.4, 0.5) is 0 Å². The van der Waals surface area contributed by atoms with Gasteiger partial charge in [0, 0.05) is 6.61 Å². The summed E-state index contributed by atoms with van der Waals surface area (Å²) in [5, 5.41) is 0. The molecule has 35 heavy (non-hydrogen) atoms. The number of ether oxygens (including phenoxy) is 1. The van der Waals surface area contributed by atoms with Crippen molar-refractivity contribution in [1.82, 2.24) is 0 Å². The fourth-order valence-corrected chi connectivity index (χ4v) is 5.83. The van der Waals surface area contributed by atoms with Gasteiger partial charge in [0.1, 0.15) is 7.85 Å². The fourth-order valence-electron chi connectivity index (χ4n) is 5.83. The van der Waals surface area contributed by atoms with Crippen molar-refractivity contribution >= 4 is 7.85 Å². The van der Waals surface area contributed by atoms with Crippen LogP contribution in [0.5, 0.6) is 0 Å². The highest BCUT2D eigenvalue weighted by molar-refractivity contribution is 6.16. The molecule has 0 aromatic heterocycles. The first-order chi connectivity index (χ1) is 17.2. The maximum atomic E-state index is 7.17. The van der Waals surface area contributed by atoms with Gasteiger partial charge in [-0.2, -0.15) is 0 Å². The van der Waals surface area contributed by atoms with Crippen LogP contribution in [-0.4, -0.2) is 14.5 Å². The van der Waals surface area contributed by atoms with E-state index in [9.17, 15) is 0 Å². The Labute approximate surface area is 213 Å². The van der Waals surface area contributed by atoms with Crippen LogP contribution >= 0.6 is 0 Å². The Morgan fingerprint density at radius 1 is 0.743 bits per heavy atom. The van der Waals surface area contributed by atoms with Crippen molar-refractivity contribution in [3.05, 3.63) is 95.1 Å². The molecule has 0 amide bonds. The number of allylic oxidation sites excluding steroid dienone is 1. The predicted molar refractivity (Wildman–Crippen MR) is 149 cm³/mol. The first-order valence-electron chi connectivity index (χ1n) is 13.6. The van der Waals surface area contributed by atoms with E-state index in [-0.39, 0.29) is 0 Å². The van der Waals surface area contributed by atoms with E-state index >= 15 is 0 Å². The van der Waals surface area contributed by atoms with Gasteiger partial charge in [-0.15, -0.1) is 0 Å². The van der Waals surface area contributed by atoms with Crippen LogP contribution in [0.3, 0.4) is 0 Å². The van der Waals surface area contributed by atoms with E-state index in [0.29, 0.717) is 6.61 Å². The van der Waals surface area contributed by atoms with E-state index in [0.717, 1.165) is 37.7 Å². The molecule has 1 nitrogen and oxygen atoms in total. The molecule has 2 aliphatic rings.